The van der Waals surface area contributed by atoms with E-state index in [1.165, 1.54) is 0 Å². The molecule has 3 amide bonds. The molecule has 0 heterocycles. The van der Waals surface area contributed by atoms with Gasteiger partial charge in [-0.1, -0.05) is 25.7 Å². The van der Waals surface area contributed by atoms with Gasteiger partial charge in [-0.05, 0) is 81.6 Å². The maximum absolute atomic E-state index is 12.4. The first-order valence-corrected chi connectivity index (χ1v) is 15.1. The Morgan fingerprint density at radius 1 is 0.591 bits per heavy atom. The maximum atomic E-state index is 12.4. The SMILES string of the molecule is CC(C)(C)OC(=O)NCCCCCCCCOC(=O)COC(CCCNC(=O)OC(C)(C)C)(NC(=O)OC(C)(C)C)C(=O)O. The Labute approximate surface area is 261 Å². The van der Waals surface area contributed by atoms with E-state index in [-0.39, 0.29) is 26.0 Å². The van der Waals surface area contributed by atoms with Crippen LogP contribution in [0.1, 0.15) is 114 Å². The predicted molar refractivity (Wildman–Crippen MR) is 162 cm³/mol. The number of ether oxygens (including phenoxy) is 5. The van der Waals surface area contributed by atoms with Gasteiger partial charge in [0.15, 0.2) is 0 Å². The number of nitrogens with one attached hydrogen (secondary N) is 3. The van der Waals surface area contributed by atoms with Crippen LogP contribution in [0.25, 0.3) is 0 Å². The molecule has 0 aliphatic carbocycles. The lowest BCUT2D eigenvalue weighted by molar-refractivity contribution is -0.179. The minimum absolute atomic E-state index is 0.0218. The number of rotatable bonds is 18. The van der Waals surface area contributed by atoms with Crippen molar-refractivity contribution in [1.82, 2.24) is 16.0 Å². The van der Waals surface area contributed by atoms with Gasteiger partial charge in [0.1, 0.15) is 23.4 Å². The van der Waals surface area contributed by atoms with Crippen molar-refractivity contribution in [2.75, 3.05) is 26.3 Å². The third kappa shape index (κ3) is 22.3. The van der Waals surface area contributed by atoms with Crippen LogP contribution in [-0.2, 0) is 33.3 Å². The minimum atomic E-state index is -2.31. The van der Waals surface area contributed by atoms with Gasteiger partial charge in [-0.3, -0.25) is 5.32 Å². The van der Waals surface area contributed by atoms with Crippen molar-refractivity contribution < 1.29 is 52.8 Å². The van der Waals surface area contributed by atoms with Gasteiger partial charge in [0.05, 0.1) is 6.61 Å². The van der Waals surface area contributed by atoms with Crippen LogP contribution in [0.15, 0.2) is 0 Å². The average molecular weight is 634 g/mol. The third-order valence-electron chi connectivity index (χ3n) is 5.36. The van der Waals surface area contributed by atoms with Crippen molar-refractivity contribution in [2.24, 2.45) is 0 Å². The number of aliphatic carboxylic acids is 1. The first-order chi connectivity index (χ1) is 20.1. The van der Waals surface area contributed by atoms with Crippen molar-refractivity contribution in [3.05, 3.63) is 0 Å². The van der Waals surface area contributed by atoms with Crippen LogP contribution in [-0.4, -0.2) is 84.2 Å². The Balaban J connectivity index is 4.67. The highest BCUT2D eigenvalue weighted by Crippen LogP contribution is 2.18. The first-order valence-electron chi connectivity index (χ1n) is 15.1. The van der Waals surface area contributed by atoms with Gasteiger partial charge in [-0.15, -0.1) is 0 Å². The zero-order valence-corrected chi connectivity index (χ0v) is 28.0. The quantitative estimate of drug-likeness (QED) is 0.0686. The highest BCUT2D eigenvalue weighted by Gasteiger charge is 2.43. The topological polar surface area (TPSA) is 188 Å². The van der Waals surface area contributed by atoms with E-state index in [0.717, 1.165) is 32.1 Å². The summed E-state index contributed by atoms with van der Waals surface area (Å²) < 4.78 is 26.1. The van der Waals surface area contributed by atoms with Crippen molar-refractivity contribution in [3.8, 4) is 0 Å². The number of esters is 1. The molecule has 0 aliphatic rings. The molecule has 0 fully saturated rings. The van der Waals surface area contributed by atoms with E-state index in [2.05, 4.69) is 16.0 Å². The zero-order valence-electron chi connectivity index (χ0n) is 28.0. The summed E-state index contributed by atoms with van der Waals surface area (Å²) in [4.78, 5) is 60.6. The minimum Gasteiger partial charge on any atom is -0.478 e. The Hall–Kier alpha value is -3.29. The van der Waals surface area contributed by atoms with E-state index in [1.54, 1.807) is 62.3 Å². The number of alkyl carbamates (subject to hydrolysis) is 3. The van der Waals surface area contributed by atoms with Crippen LogP contribution in [0.3, 0.4) is 0 Å². The average Bonchev–Trinajstić information content (AvgIpc) is 2.82. The Bertz CT molecular complexity index is 921. The fourth-order valence-corrected chi connectivity index (χ4v) is 3.55. The number of hydrogen-bond donors (Lipinski definition) is 4. The summed E-state index contributed by atoms with van der Waals surface area (Å²) in [5.41, 5.74) is -4.46. The highest BCUT2D eigenvalue weighted by molar-refractivity contribution is 5.83. The van der Waals surface area contributed by atoms with Gasteiger partial charge in [-0.2, -0.15) is 0 Å². The van der Waals surface area contributed by atoms with Crippen molar-refractivity contribution in [3.63, 3.8) is 0 Å². The van der Waals surface area contributed by atoms with E-state index >= 15 is 0 Å². The molecule has 0 aliphatic heterocycles. The molecule has 0 bridgehead atoms. The molecule has 4 N–H and O–H groups in total. The number of carbonyl (C=O) groups excluding carboxylic acids is 4. The second-order valence-electron chi connectivity index (χ2n) is 13.4. The summed E-state index contributed by atoms with van der Waals surface area (Å²) in [6, 6.07) is 0. The maximum Gasteiger partial charge on any atom is 0.410 e. The lowest BCUT2D eigenvalue weighted by Crippen LogP contribution is -2.58. The fourth-order valence-electron chi connectivity index (χ4n) is 3.55. The predicted octanol–water partition coefficient (Wildman–Crippen LogP) is 5.02. The molecule has 0 saturated carbocycles. The largest absolute Gasteiger partial charge is 0.478 e. The number of amides is 3. The molecule has 0 aromatic rings. The van der Waals surface area contributed by atoms with Crippen LogP contribution >= 0.6 is 0 Å². The first kappa shape index (κ1) is 40.7. The number of unbranched alkanes of at least 4 members (excludes halogenated alkanes) is 5. The van der Waals surface area contributed by atoms with E-state index < -0.39 is 59.4 Å². The van der Waals surface area contributed by atoms with Gasteiger partial charge in [0.25, 0.3) is 0 Å². The lowest BCUT2D eigenvalue weighted by Gasteiger charge is -2.31. The fraction of sp³-hybridized carbons (Fsp3) is 0.833. The molecule has 0 radical (unpaired) electrons. The molecule has 1 unspecified atom stereocenters. The van der Waals surface area contributed by atoms with E-state index in [9.17, 15) is 29.1 Å². The lowest BCUT2D eigenvalue weighted by atomic mass is 10.1. The van der Waals surface area contributed by atoms with Crippen molar-refractivity contribution in [2.45, 2.75) is 136 Å². The van der Waals surface area contributed by atoms with Crippen LogP contribution in [0.4, 0.5) is 14.4 Å². The van der Waals surface area contributed by atoms with Crippen molar-refractivity contribution >= 4 is 30.2 Å². The Morgan fingerprint density at radius 3 is 1.50 bits per heavy atom. The summed E-state index contributed by atoms with van der Waals surface area (Å²) in [6.45, 7) is 15.3. The normalized spacial score (nSPS) is 13.2. The molecular weight excluding hydrogens is 578 g/mol. The van der Waals surface area contributed by atoms with Crippen LogP contribution in [0.5, 0.6) is 0 Å². The van der Waals surface area contributed by atoms with E-state index in [1.807, 2.05) is 0 Å². The second-order valence-corrected chi connectivity index (χ2v) is 13.4. The van der Waals surface area contributed by atoms with Crippen LogP contribution < -0.4 is 16.0 Å². The number of hydrogen-bond acceptors (Lipinski definition) is 10. The summed E-state index contributed by atoms with van der Waals surface area (Å²) in [5, 5.41) is 17.4. The second kappa shape index (κ2) is 19.2. The third-order valence-corrected chi connectivity index (χ3v) is 5.36. The summed E-state index contributed by atoms with van der Waals surface area (Å²) >= 11 is 0. The highest BCUT2D eigenvalue weighted by atomic mass is 16.6. The van der Waals surface area contributed by atoms with Crippen LogP contribution in [0, 0.1) is 0 Å². The summed E-state index contributed by atoms with van der Waals surface area (Å²) in [5.74, 6) is -2.34. The Morgan fingerprint density at radius 2 is 1.02 bits per heavy atom. The van der Waals surface area contributed by atoms with Gasteiger partial charge < -0.3 is 39.4 Å². The molecule has 0 saturated heterocycles. The molecule has 1 atom stereocenters. The van der Waals surface area contributed by atoms with Gasteiger partial charge >= 0.3 is 30.2 Å². The van der Waals surface area contributed by atoms with E-state index in [0.29, 0.717) is 13.0 Å². The van der Waals surface area contributed by atoms with E-state index in [4.69, 9.17) is 23.7 Å². The molecule has 14 nitrogen and oxygen atoms in total. The monoisotopic (exact) mass is 633 g/mol. The number of carboxylic acid groups (broad SMARTS) is 1. The molecule has 0 aromatic heterocycles. The van der Waals surface area contributed by atoms with Gasteiger partial charge in [0, 0.05) is 19.5 Å². The van der Waals surface area contributed by atoms with Gasteiger partial charge in [-0.25, -0.2) is 24.0 Å². The molecule has 44 heavy (non-hydrogen) atoms. The standard InChI is InChI=1S/C30H55N3O11/c1-27(2,3)42-24(37)31-18-14-12-10-11-13-15-20-40-22(34)21-41-30(23(35)36,33-26(39)44-29(7,8)9)17-16-19-32-25(38)43-28(4,5)6/h10-21H2,1-9H3,(H,31,37)(H,32,38)(H,33,39)(H,35,36). The molecule has 256 valence electrons. The number of carbonyl (C=O) groups is 5. The van der Waals surface area contributed by atoms with Crippen molar-refractivity contribution in [1.29, 1.82) is 0 Å². The van der Waals surface area contributed by atoms with Gasteiger partial charge in [0.2, 0.25) is 5.72 Å². The summed E-state index contributed by atoms with van der Waals surface area (Å²) in [6.07, 6.45) is 2.66. The Kier molecular flexibility index (Phi) is 17.7. The number of carboxylic acids is 1. The smallest absolute Gasteiger partial charge is 0.410 e. The zero-order chi connectivity index (χ0) is 34.0. The summed E-state index contributed by atoms with van der Waals surface area (Å²) in [7, 11) is 0. The molecular formula is C30H55N3O11. The van der Waals surface area contributed by atoms with Crippen LogP contribution in [0.2, 0.25) is 0 Å². The molecule has 0 rings (SSSR count). The molecule has 0 aromatic carbocycles. The molecule has 0 spiro atoms. The molecule has 14 heteroatoms.